The minimum absolute atomic E-state index is 0.0379. The summed E-state index contributed by atoms with van der Waals surface area (Å²) in [6.07, 6.45) is 0. The van der Waals surface area contributed by atoms with Crippen molar-refractivity contribution in [3.63, 3.8) is 0 Å². The van der Waals surface area contributed by atoms with Gasteiger partial charge in [0.2, 0.25) is 0 Å². The lowest BCUT2D eigenvalue weighted by molar-refractivity contribution is 0.350. The minimum atomic E-state index is -0.420. The molecule has 0 spiro atoms. The SMILES string of the molecule is CC(C)(CN)CNCc1cc(F)ccc1F. The summed E-state index contributed by atoms with van der Waals surface area (Å²) in [6, 6.07) is 3.46. The van der Waals surface area contributed by atoms with Crippen molar-refractivity contribution >= 4 is 0 Å². The van der Waals surface area contributed by atoms with E-state index in [4.69, 9.17) is 5.73 Å². The van der Waals surface area contributed by atoms with Crippen LogP contribution in [0.4, 0.5) is 8.78 Å². The first-order valence-electron chi connectivity index (χ1n) is 5.29. The molecule has 0 saturated heterocycles. The fraction of sp³-hybridized carbons (Fsp3) is 0.500. The Kier molecular flexibility index (Phi) is 4.38. The van der Waals surface area contributed by atoms with Gasteiger partial charge in [-0.2, -0.15) is 0 Å². The lowest BCUT2D eigenvalue weighted by Crippen LogP contribution is -2.35. The Labute approximate surface area is 94.8 Å². The quantitative estimate of drug-likeness (QED) is 0.809. The molecule has 0 aromatic heterocycles. The monoisotopic (exact) mass is 228 g/mol. The molecule has 2 nitrogen and oxygen atoms in total. The van der Waals surface area contributed by atoms with E-state index in [2.05, 4.69) is 5.32 Å². The molecule has 90 valence electrons. The van der Waals surface area contributed by atoms with Gasteiger partial charge in [0.25, 0.3) is 0 Å². The molecule has 3 N–H and O–H groups in total. The van der Waals surface area contributed by atoms with Gasteiger partial charge in [-0.3, -0.25) is 0 Å². The van der Waals surface area contributed by atoms with Crippen LogP contribution in [0.25, 0.3) is 0 Å². The molecule has 0 aliphatic carbocycles. The van der Waals surface area contributed by atoms with Gasteiger partial charge in [-0.15, -0.1) is 0 Å². The second kappa shape index (κ2) is 5.37. The van der Waals surface area contributed by atoms with E-state index >= 15 is 0 Å². The Balaban J connectivity index is 2.52. The molecule has 0 amide bonds. The first-order valence-corrected chi connectivity index (χ1v) is 5.29. The average molecular weight is 228 g/mol. The van der Waals surface area contributed by atoms with Gasteiger partial charge in [0.1, 0.15) is 11.6 Å². The van der Waals surface area contributed by atoms with Crippen molar-refractivity contribution < 1.29 is 8.78 Å². The third-order valence-corrected chi connectivity index (χ3v) is 2.48. The van der Waals surface area contributed by atoms with Crippen LogP contribution in [0.5, 0.6) is 0 Å². The average Bonchev–Trinajstić information content (AvgIpc) is 2.23. The summed E-state index contributed by atoms with van der Waals surface area (Å²) >= 11 is 0. The third-order valence-electron chi connectivity index (χ3n) is 2.48. The van der Waals surface area contributed by atoms with Crippen molar-refractivity contribution in [3.8, 4) is 0 Å². The molecule has 0 fully saturated rings. The number of nitrogens with two attached hydrogens (primary N) is 1. The number of halogens is 2. The van der Waals surface area contributed by atoms with Crippen LogP contribution in [0.2, 0.25) is 0 Å². The van der Waals surface area contributed by atoms with Crippen LogP contribution in [-0.2, 0) is 6.54 Å². The van der Waals surface area contributed by atoms with Crippen LogP contribution in [0.15, 0.2) is 18.2 Å². The Morgan fingerprint density at radius 2 is 2.00 bits per heavy atom. The van der Waals surface area contributed by atoms with Crippen molar-refractivity contribution in [3.05, 3.63) is 35.4 Å². The summed E-state index contributed by atoms with van der Waals surface area (Å²) in [4.78, 5) is 0. The first-order chi connectivity index (χ1) is 7.44. The minimum Gasteiger partial charge on any atom is -0.330 e. The Hall–Kier alpha value is -1.00. The highest BCUT2D eigenvalue weighted by Crippen LogP contribution is 2.12. The maximum atomic E-state index is 13.2. The van der Waals surface area contributed by atoms with Gasteiger partial charge < -0.3 is 11.1 Å². The molecule has 0 aliphatic rings. The van der Waals surface area contributed by atoms with Crippen molar-refractivity contribution in [2.24, 2.45) is 11.1 Å². The lowest BCUT2D eigenvalue weighted by atomic mass is 9.94. The Morgan fingerprint density at radius 1 is 1.31 bits per heavy atom. The summed E-state index contributed by atoms with van der Waals surface area (Å²) in [5, 5.41) is 3.07. The molecule has 0 saturated carbocycles. The predicted molar refractivity (Wildman–Crippen MR) is 60.9 cm³/mol. The highest BCUT2D eigenvalue weighted by atomic mass is 19.1. The lowest BCUT2D eigenvalue weighted by Gasteiger charge is -2.22. The second-order valence-corrected chi connectivity index (χ2v) is 4.71. The van der Waals surface area contributed by atoms with Gasteiger partial charge in [-0.25, -0.2) is 8.78 Å². The van der Waals surface area contributed by atoms with Crippen LogP contribution >= 0.6 is 0 Å². The highest BCUT2D eigenvalue weighted by Gasteiger charge is 2.14. The van der Waals surface area contributed by atoms with E-state index in [0.29, 0.717) is 25.2 Å². The zero-order chi connectivity index (χ0) is 12.2. The number of hydrogen-bond donors (Lipinski definition) is 2. The number of benzene rings is 1. The van der Waals surface area contributed by atoms with E-state index < -0.39 is 5.82 Å². The maximum Gasteiger partial charge on any atom is 0.127 e. The van der Waals surface area contributed by atoms with Crippen LogP contribution in [0, 0.1) is 17.0 Å². The molecule has 1 aromatic carbocycles. The third kappa shape index (κ3) is 3.87. The fourth-order valence-electron chi connectivity index (χ4n) is 1.29. The molecular weight excluding hydrogens is 210 g/mol. The second-order valence-electron chi connectivity index (χ2n) is 4.71. The van der Waals surface area contributed by atoms with Crippen LogP contribution in [0.3, 0.4) is 0 Å². The maximum absolute atomic E-state index is 13.2. The number of nitrogens with one attached hydrogen (secondary N) is 1. The van der Waals surface area contributed by atoms with E-state index in [-0.39, 0.29) is 11.2 Å². The zero-order valence-electron chi connectivity index (χ0n) is 9.69. The first kappa shape index (κ1) is 13.1. The summed E-state index contributed by atoms with van der Waals surface area (Å²) in [6.45, 7) is 5.56. The van der Waals surface area contributed by atoms with Crippen molar-refractivity contribution in [2.45, 2.75) is 20.4 Å². The number of hydrogen-bond acceptors (Lipinski definition) is 2. The van der Waals surface area contributed by atoms with Gasteiger partial charge in [-0.05, 0) is 30.2 Å². The van der Waals surface area contributed by atoms with Gasteiger partial charge in [0.05, 0.1) is 0 Å². The molecule has 0 radical (unpaired) electrons. The highest BCUT2D eigenvalue weighted by molar-refractivity contribution is 5.18. The molecule has 0 aliphatic heterocycles. The van der Waals surface area contributed by atoms with E-state index in [1.54, 1.807) is 0 Å². The molecule has 1 aromatic rings. The van der Waals surface area contributed by atoms with Gasteiger partial charge in [0.15, 0.2) is 0 Å². The smallest absolute Gasteiger partial charge is 0.127 e. The Morgan fingerprint density at radius 3 is 2.62 bits per heavy atom. The van der Waals surface area contributed by atoms with Crippen LogP contribution < -0.4 is 11.1 Å². The standard InChI is InChI=1S/C12H18F2N2/c1-12(2,7-15)8-16-6-9-5-10(13)3-4-11(9)14/h3-5,16H,6-8,15H2,1-2H3. The van der Waals surface area contributed by atoms with Crippen molar-refractivity contribution in [1.82, 2.24) is 5.32 Å². The van der Waals surface area contributed by atoms with E-state index in [1.807, 2.05) is 13.8 Å². The van der Waals surface area contributed by atoms with Crippen molar-refractivity contribution in [2.75, 3.05) is 13.1 Å². The fourth-order valence-corrected chi connectivity index (χ4v) is 1.29. The van der Waals surface area contributed by atoms with E-state index in [9.17, 15) is 8.78 Å². The molecule has 16 heavy (non-hydrogen) atoms. The topological polar surface area (TPSA) is 38.0 Å². The molecule has 0 heterocycles. The molecule has 0 atom stereocenters. The summed E-state index contributed by atoms with van der Waals surface area (Å²) in [7, 11) is 0. The van der Waals surface area contributed by atoms with Crippen molar-refractivity contribution in [1.29, 1.82) is 0 Å². The molecule has 0 unspecified atom stereocenters. The normalized spacial score (nSPS) is 11.8. The van der Waals surface area contributed by atoms with Gasteiger partial charge >= 0.3 is 0 Å². The predicted octanol–water partition coefficient (Wildman–Crippen LogP) is 2.04. The van der Waals surface area contributed by atoms with Gasteiger partial charge in [-0.1, -0.05) is 13.8 Å². The molecule has 4 heteroatoms. The van der Waals surface area contributed by atoms with Crippen LogP contribution in [-0.4, -0.2) is 13.1 Å². The molecule has 0 bridgehead atoms. The summed E-state index contributed by atoms with van der Waals surface area (Å²) in [5.74, 6) is -0.810. The molecule has 1 rings (SSSR count). The van der Waals surface area contributed by atoms with E-state index in [0.717, 1.165) is 12.1 Å². The largest absolute Gasteiger partial charge is 0.330 e. The van der Waals surface area contributed by atoms with Gasteiger partial charge in [0, 0.05) is 18.7 Å². The van der Waals surface area contributed by atoms with E-state index in [1.165, 1.54) is 6.07 Å². The Bertz CT molecular complexity index is 351. The van der Waals surface area contributed by atoms with Crippen LogP contribution in [0.1, 0.15) is 19.4 Å². The summed E-state index contributed by atoms with van der Waals surface area (Å²) in [5.41, 5.74) is 5.87. The zero-order valence-corrected chi connectivity index (χ0v) is 9.69. The summed E-state index contributed by atoms with van der Waals surface area (Å²) < 4.78 is 26.1. The number of rotatable bonds is 5. The molecular formula is C12H18F2N2.